The van der Waals surface area contributed by atoms with E-state index in [1.807, 2.05) is 0 Å². The molecule has 1 saturated carbocycles. The lowest BCUT2D eigenvalue weighted by atomic mass is 9.88. The van der Waals surface area contributed by atoms with Crippen LogP contribution >= 0.6 is 15.9 Å². The molecule has 2 heterocycles. The van der Waals surface area contributed by atoms with Crippen LogP contribution in [0.2, 0.25) is 0 Å². The molecule has 230 valence electrons. The number of ether oxygens (including phenoxy) is 5. The number of allylic oxidation sites excluding steroid dienone is 2. The van der Waals surface area contributed by atoms with Crippen molar-refractivity contribution in [3.8, 4) is 0 Å². The number of rotatable bonds is 16. The van der Waals surface area contributed by atoms with Gasteiger partial charge in [0.05, 0.1) is 19.3 Å². The second-order valence-corrected chi connectivity index (χ2v) is 13.4. The zero-order valence-electron chi connectivity index (χ0n) is 25.5. The fourth-order valence-electron chi connectivity index (χ4n) is 6.13. The zero-order valence-corrected chi connectivity index (χ0v) is 27.1. The van der Waals surface area contributed by atoms with E-state index in [0.717, 1.165) is 90.3 Å². The molecule has 3 fully saturated rings. The number of unbranched alkanes of at least 4 members (excludes halogenated alkanes) is 3. The lowest BCUT2D eigenvalue weighted by Gasteiger charge is -2.31. The lowest BCUT2D eigenvalue weighted by Crippen LogP contribution is -2.32. The quantitative estimate of drug-likeness (QED) is 0.0743. The predicted octanol–water partition coefficient (Wildman–Crippen LogP) is 8.27. The van der Waals surface area contributed by atoms with Crippen molar-refractivity contribution in [2.24, 2.45) is 17.8 Å². The van der Waals surface area contributed by atoms with Crippen molar-refractivity contribution in [1.82, 2.24) is 0 Å². The Kier molecular flexibility index (Phi) is 15.8. The molecule has 2 saturated heterocycles. The van der Waals surface area contributed by atoms with Crippen LogP contribution < -0.4 is 0 Å². The van der Waals surface area contributed by atoms with Crippen LogP contribution in [0, 0.1) is 17.8 Å². The molecule has 0 N–H and O–H groups in total. The van der Waals surface area contributed by atoms with Crippen LogP contribution in [0.3, 0.4) is 0 Å². The molecule has 0 aromatic carbocycles. The largest absolute Gasteiger partial charge is 0.469 e. The van der Waals surface area contributed by atoms with E-state index in [1.165, 1.54) is 19.1 Å². The molecule has 0 radical (unpaired) electrons. The van der Waals surface area contributed by atoms with Crippen molar-refractivity contribution in [3.05, 3.63) is 23.8 Å². The van der Waals surface area contributed by atoms with E-state index >= 15 is 0 Å². The Bertz CT molecular complexity index is 769. The average molecular weight is 628 g/mol. The third kappa shape index (κ3) is 11.9. The van der Waals surface area contributed by atoms with Gasteiger partial charge in [0.2, 0.25) is 0 Å². The van der Waals surface area contributed by atoms with Crippen LogP contribution in [0.1, 0.15) is 111 Å². The zero-order chi connectivity index (χ0) is 28.7. The van der Waals surface area contributed by atoms with Gasteiger partial charge >= 0.3 is 5.97 Å². The van der Waals surface area contributed by atoms with E-state index < -0.39 is 0 Å². The van der Waals surface area contributed by atoms with Crippen molar-refractivity contribution in [2.45, 2.75) is 140 Å². The third-order valence-corrected chi connectivity index (χ3v) is 9.69. The predicted molar refractivity (Wildman–Crippen MR) is 163 cm³/mol. The van der Waals surface area contributed by atoms with Gasteiger partial charge in [-0.25, -0.2) is 0 Å². The van der Waals surface area contributed by atoms with Crippen molar-refractivity contribution in [1.29, 1.82) is 0 Å². The van der Waals surface area contributed by atoms with E-state index in [0.29, 0.717) is 29.0 Å². The maximum Gasteiger partial charge on any atom is 0.305 e. The summed E-state index contributed by atoms with van der Waals surface area (Å²) < 4.78 is 30.0. The number of methoxy groups -OCH3 is 1. The summed E-state index contributed by atoms with van der Waals surface area (Å²) in [5, 5.41) is 0. The maximum atomic E-state index is 11.4. The number of carbonyl (C=O) groups excluding carboxylic acids is 1. The number of hydrogen-bond donors (Lipinski definition) is 0. The first-order chi connectivity index (χ1) is 19.4. The number of alkyl halides is 1. The van der Waals surface area contributed by atoms with Gasteiger partial charge in [0.1, 0.15) is 0 Å². The Hall–Kier alpha value is -0.730. The first-order valence-electron chi connectivity index (χ1n) is 15.9. The molecule has 0 amide bonds. The Labute approximate surface area is 252 Å². The minimum Gasteiger partial charge on any atom is -0.469 e. The molecule has 1 aliphatic carbocycles. The fourth-order valence-corrected chi connectivity index (χ4v) is 7.12. The first-order valence-corrected chi connectivity index (χ1v) is 16.9. The van der Waals surface area contributed by atoms with Gasteiger partial charge in [0.15, 0.2) is 12.6 Å². The van der Waals surface area contributed by atoms with E-state index in [4.69, 9.17) is 23.7 Å². The summed E-state index contributed by atoms with van der Waals surface area (Å²) in [6, 6.07) is 0. The Balaban J connectivity index is 1.68. The smallest absolute Gasteiger partial charge is 0.305 e. The molecule has 7 heteroatoms. The number of esters is 1. The molecule has 0 aromatic rings. The number of carbonyl (C=O) groups is 1. The van der Waals surface area contributed by atoms with Crippen LogP contribution in [0.25, 0.3) is 0 Å². The topological polar surface area (TPSA) is 63.2 Å². The summed E-state index contributed by atoms with van der Waals surface area (Å²) in [5.41, 5.74) is 1.34. The van der Waals surface area contributed by atoms with Crippen LogP contribution in [0.5, 0.6) is 0 Å². The van der Waals surface area contributed by atoms with Crippen molar-refractivity contribution in [3.63, 3.8) is 0 Å². The summed E-state index contributed by atoms with van der Waals surface area (Å²) in [4.78, 5) is 11.8. The second kappa shape index (κ2) is 18.7. The van der Waals surface area contributed by atoms with Gasteiger partial charge in [-0.05, 0) is 89.9 Å². The molecule has 3 aliphatic rings. The minimum absolute atomic E-state index is 0.00127. The maximum absolute atomic E-state index is 11.4. The Morgan fingerprint density at radius 1 is 1.00 bits per heavy atom. The molecule has 6 nitrogen and oxygen atoms in total. The van der Waals surface area contributed by atoms with E-state index in [9.17, 15) is 4.79 Å². The molecule has 0 aromatic heterocycles. The average Bonchev–Trinajstić information content (AvgIpc) is 3.25. The summed E-state index contributed by atoms with van der Waals surface area (Å²) in [6.45, 7) is 8.19. The number of hydrogen-bond acceptors (Lipinski definition) is 6. The van der Waals surface area contributed by atoms with Gasteiger partial charge in [0.25, 0.3) is 0 Å². The molecule has 0 bridgehead atoms. The molecule has 0 spiro atoms. The van der Waals surface area contributed by atoms with E-state index in [1.54, 1.807) is 0 Å². The highest BCUT2D eigenvalue weighted by atomic mass is 79.9. The van der Waals surface area contributed by atoms with Crippen molar-refractivity contribution in [2.75, 3.05) is 20.3 Å². The van der Waals surface area contributed by atoms with E-state index in [-0.39, 0.29) is 30.8 Å². The summed E-state index contributed by atoms with van der Waals surface area (Å²) >= 11 is 4.04. The molecule has 3 rings (SSSR count). The number of halogens is 1. The Morgan fingerprint density at radius 2 is 1.70 bits per heavy atom. The van der Waals surface area contributed by atoms with Gasteiger partial charge in [0, 0.05) is 30.4 Å². The molecular weight excluding hydrogens is 572 g/mol. The molecule has 3 unspecified atom stereocenters. The highest BCUT2D eigenvalue weighted by Crippen LogP contribution is 2.44. The molecular formula is C33H55BrO6. The van der Waals surface area contributed by atoms with Crippen molar-refractivity contribution >= 4 is 21.9 Å². The second-order valence-electron chi connectivity index (χ2n) is 12.3. The van der Waals surface area contributed by atoms with Crippen molar-refractivity contribution < 1.29 is 28.5 Å². The molecule has 2 aliphatic heterocycles. The van der Waals surface area contributed by atoms with Crippen LogP contribution in [-0.4, -0.2) is 55.9 Å². The Morgan fingerprint density at radius 3 is 2.35 bits per heavy atom. The summed E-state index contributed by atoms with van der Waals surface area (Å²) in [6.07, 6.45) is 21.4. The molecule has 40 heavy (non-hydrogen) atoms. The highest BCUT2D eigenvalue weighted by molar-refractivity contribution is 9.09. The van der Waals surface area contributed by atoms with Crippen LogP contribution in [0.15, 0.2) is 23.8 Å². The van der Waals surface area contributed by atoms with Crippen LogP contribution in [-0.2, 0) is 28.5 Å². The monoisotopic (exact) mass is 626 g/mol. The SMILES string of the molecule is COC(=O)CCCCCC[C@@H]1[C@@H](C=C[C@@H](OC2CCCCO2)C(C)CC=C(C)C)[C@H](OC2CCCCO2)C[C@@H]1Br. The third-order valence-electron chi connectivity index (χ3n) is 8.63. The van der Waals surface area contributed by atoms with Gasteiger partial charge < -0.3 is 23.7 Å². The molecule has 8 atom stereocenters. The van der Waals surface area contributed by atoms with Crippen LogP contribution in [0.4, 0.5) is 0 Å². The first kappa shape index (κ1) is 33.8. The highest BCUT2D eigenvalue weighted by Gasteiger charge is 2.42. The minimum atomic E-state index is -0.117. The van der Waals surface area contributed by atoms with E-state index in [2.05, 4.69) is 54.9 Å². The summed E-state index contributed by atoms with van der Waals surface area (Å²) in [7, 11) is 1.46. The van der Waals surface area contributed by atoms with Gasteiger partial charge in [-0.2, -0.15) is 0 Å². The van der Waals surface area contributed by atoms with Gasteiger partial charge in [-0.1, -0.05) is 65.9 Å². The lowest BCUT2D eigenvalue weighted by molar-refractivity contribution is -0.193. The fraction of sp³-hybridized carbons (Fsp3) is 0.848. The normalized spacial score (nSPS) is 30.7. The standard InChI is InChI=1S/C33H55BrO6/c1-24(2)17-18-25(3)29(39-32-15-9-11-21-37-32)20-19-27-26(13-7-5-6-8-14-31(35)36-4)28(34)23-30(27)40-33-16-10-12-22-38-33/h17,19-20,25-30,32-33H,5-16,18,21-23H2,1-4H3/t25?,26-,27-,28+,29-,30-,32?,33?/m1/s1. The van der Waals surface area contributed by atoms with Gasteiger partial charge in [-0.15, -0.1) is 0 Å². The van der Waals surface area contributed by atoms with Gasteiger partial charge in [-0.3, -0.25) is 4.79 Å². The summed E-state index contributed by atoms with van der Waals surface area (Å²) in [5.74, 6) is 1.04.